The lowest BCUT2D eigenvalue weighted by Gasteiger charge is -2.14. The molecule has 1 aliphatic rings. The monoisotopic (exact) mass is 335 g/mol. The molecule has 0 bridgehead atoms. The molecule has 2 aromatic rings. The van der Waals surface area contributed by atoms with Gasteiger partial charge >= 0.3 is 0 Å². The van der Waals surface area contributed by atoms with E-state index in [0.717, 1.165) is 23.4 Å². The second kappa shape index (κ2) is 5.72. The molecule has 0 unspecified atom stereocenters. The second-order valence-electron chi connectivity index (χ2n) is 4.87. The van der Waals surface area contributed by atoms with Gasteiger partial charge in [-0.05, 0) is 42.0 Å². The van der Waals surface area contributed by atoms with E-state index in [1.165, 1.54) is 12.1 Å². The first kappa shape index (κ1) is 15.0. The van der Waals surface area contributed by atoms with Crippen LogP contribution in [0, 0.1) is 0 Å². The minimum Gasteiger partial charge on any atom is -0.744 e. The number of benzene rings is 2. The fourth-order valence-electron chi connectivity index (χ4n) is 2.27. The molecule has 0 aliphatic carbocycles. The normalized spacial score (nSPS) is 15.0. The van der Waals surface area contributed by atoms with Gasteiger partial charge in [-0.2, -0.15) is 5.10 Å². The molecule has 0 atom stereocenters. The molecule has 0 saturated carbocycles. The fourth-order valence-corrected chi connectivity index (χ4v) is 2.87. The van der Waals surface area contributed by atoms with Crippen molar-refractivity contribution in [3.63, 3.8) is 0 Å². The Balaban J connectivity index is 1.83. The molecular formula is C15H12ClN2O3S-. The Bertz CT molecular complexity index is 815. The van der Waals surface area contributed by atoms with Gasteiger partial charge in [-0.3, -0.25) is 5.01 Å². The predicted molar refractivity (Wildman–Crippen MR) is 84.4 cm³/mol. The van der Waals surface area contributed by atoms with Gasteiger partial charge in [0.1, 0.15) is 10.1 Å². The van der Waals surface area contributed by atoms with Crippen molar-refractivity contribution >= 4 is 33.1 Å². The van der Waals surface area contributed by atoms with Crippen LogP contribution in [0.1, 0.15) is 12.0 Å². The Morgan fingerprint density at radius 3 is 2.27 bits per heavy atom. The molecule has 0 spiro atoms. The van der Waals surface area contributed by atoms with Gasteiger partial charge < -0.3 is 4.55 Å². The van der Waals surface area contributed by atoms with Gasteiger partial charge in [-0.15, -0.1) is 0 Å². The average Bonchev–Trinajstić information content (AvgIpc) is 2.97. The molecule has 0 N–H and O–H groups in total. The van der Waals surface area contributed by atoms with Crippen molar-refractivity contribution in [3.05, 3.63) is 59.1 Å². The first-order valence-corrected chi connectivity index (χ1v) is 8.39. The van der Waals surface area contributed by atoms with Crippen molar-refractivity contribution in [1.29, 1.82) is 0 Å². The van der Waals surface area contributed by atoms with Gasteiger partial charge in [0, 0.05) is 18.0 Å². The molecule has 0 aromatic heterocycles. The highest BCUT2D eigenvalue weighted by molar-refractivity contribution is 7.85. The zero-order chi connectivity index (χ0) is 15.7. The topological polar surface area (TPSA) is 72.8 Å². The third-order valence-corrected chi connectivity index (χ3v) is 4.50. The highest BCUT2D eigenvalue weighted by Gasteiger charge is 2.17. The maximum absolute atomic E-state index is 10.9. The molecular weight excluding hydrogens is 324 g/mol. The number of hydrogen-bond donors (Lipinski definition) is 0. The van der Waals surface area contributed by atoms with Gasteiger partial charge in [-0.25, -0.2) is 8.42 Å². The maximum Gasteiger partial charge on any atom is 0.124 e. The minimum atomic E-state index is -4.42. The SMILES string of the molecule is O=S(=O)([O-])c1ccc(N2CCC(c3ccc(Cl)cc3)=N2)cc1. The molecule has 0 amide bonds. The molecule has 2 aromatic carbocycles. The van der Waals surface area contributed by atoms with E-state index in [1.807, 2.05) is 24.3 Å². The smallest absolute Gasteiger partial charge is 0.124 e. The number of hydrazone groups is 1. The van der Waals surface area contributed by atoms with Crippen molar-refractivity contribution in [2.24, 2.45) is 5.10 Å². The summed E-state index contributed by atoms with van der Waals surface area (Å²) in [4.78, 5) is -0.239. The van der Waals surface area contributed by atoms with E-state index in [-0.39, 0.29) is 4.90 Å². The summed E-state index contributed by atoms with van der Waals surface area (Å²) in [5, 5.41) is 6.99. The molecule has 1 aliphatic heterocycles. The number of rotatable bonds is 3. The second-order valence-corrected chi connectivity index (χ2v) is 6.69. The Labute approximate surface area is 133 Å². The predicted octanol–water partition coefficient (Wildman–Crippen LogP) is 2.86. The number of anilines is 1. The maximum atomic E-state index is 10.9. The molecule has 22 heavy (non-hydrogen) atoms. The summed E-state index contributed by atoms with van der Waals surface area (Å²) in [6.07, 6.45) is 0.781. The first-order chi connectivity index (χ1) is 10.4. The third kappa shape index (κ3) is 3.14. The standard InChI is InChI=1S/C15H13ClN2O3S/c16-12-3-1-11(2-4-12)15-9-10-18(17-15)13-5-7-14(8-6-13)22(19,20)21/h1-8H,9-10H2,(H,19,20,21)/p-1. The molecule has 3 rings (SSSR count). The lowest BCUT2D eigenvalue weighted by molar-refractivity contribution is 0.463. The van der Waals surface area contributed by atoms with Crippen LogP contribution in [0.25, 0.3) is 0 Å². The highest BCUT2D eigenvalue weighted by Crippen LogP contribution is 2.23. The largest absolute Gasteiger partial charge is 0.744 e. The number of hydrogen-bond acceptors (Lipinski definition) is 5. The van der Waals surface area contributed by atoms with Crippen LogP contribution in [-0.4, -0.2) is 25.2 Å². The van der Waals surface area contributed by atoms with E-state index in [2.05, 4.69) is 5.10 Å². The van der Waals surface area contributed by atoms with Crippen LogP contribution in [0.2, 0.25) is 5.02 Å². The van der Waals surface area contributed by atoms with E-state index in [4.69, 9.17) is 11.6 Å². The van der Waals surface area contributed by atoms with Gasteiger partial charge in [0.05, 0.1) is 16.3 Å². The Morgan fingerprint density at radius 1 is 1.05 bits per heavy atom. The zero-order valence-electron chi connectivity index (χ0n) is 11.4. The van der Waals surface area contributed by atoms with Crippen molar-refractivity contribution in [3.8, 4) is 0 Å². The lowest BCUT2D eigenvalue weighted by Crippen LogP contribution is -2.11. The summed E-state index contributed by atoms with van der Waals surface area (Å²) in [7, 11) is -4.42. The Morgan fingerprint density at radius 2 is 1.68 bits per heavy atom. The zero-order valence-corrected chi connectivity index (χ0v) is 13.0. The quantitative estimate of drug-likeness (QED) is 0.808. The van der Waals surface area contributed by atoms with E-state index in [0.29, 0.717) is 11.6 Å². The van der Waals surface area contributed by atoms with Crippen molar-refractivity contribution in [2.45, 2.75) is 11.3 Å². The summed E-state index contributed by atoms with van der Waals surface area (Å²) in [6, 6.07) is 13.2. The Hall–Kier alpha value is -1.89. The molecule has 0 fully saturated rings. The number of nitrogens with zero attached hydrogens (tertiary/aromatic N) is 2. The van der Waals surface area contributed by atoms with Crippen LogP contribution in [-0.2, 0) is 10.1 Å². The molecule has 0 radical (unpaired) electrons. The van der Waals surface area contributed by atoms with E-state index >= 15 is 0 Å². The van der Waals surface area contributed by atoms with Crippen LogP contribution >= 0.6 is 11.6 Å². The van der Waals surface area contributed by atoms with Gasteiger partial charge in [0.2, 0.25) is 0 Å². The summed E-state index contributed by atoms with van der Waals surface area (Å²) in [5.74, 6) is 0. The van der Waals surface area contributed by atoms with E-state index in [9.17, 15) is 13.0 Å². The summed E-state index contributed by atoms with van der Waals surface area (Å²) in [6.45, 7) is 0.696. The highest BCUT2D eigenvalue weighted by atomic mass is 35.5. The van der Waals surface area contributed by atoms with E-state index in [1.54, 1.807) is 17.1 Å². The van der Waals surface area contributed by atoms with Crippen molar-refractivity contribution in [2.75, 3.05) is 11.6 Å². The number of halogens is 1. The summed E-state index contributed by atoms with van der Waals surface area (Å²) in [5.41, 5.74) is 2.69. The average molecular weight is 336 g/mol. The third-order valence-electron chi connectivity index (χ3n) is 3.40. The van der Waals surface area contributed by atoms with Crippen LogP contribution in [0.5, 0.6) is 0 Å². The molecule has 1 heterocycles. The van der Waals surface area contributed by atoms with Crippen LogP contribution < -0.4 is 5.01 Å². The fraction of sp³-hybridized carbons (Fsp3) is 0.133. The van der Waals surface area contributed by atoms with Gasteiger partial charge in [0.15, 0.2) is 0 Å². The lowest BCUT2D eigenvalue weighted by atomic mass is 10.1. The molecule has 114 valence electrons. The minimum absolute atomic E-state index is 0.239. The van der Waals surface area contributed by atoms with Gasteiger partial charge in [-0.1, -0.05) is 23.7 Å². The van der Waals surface area contributed by atoms with Crippen LogP contribution in [0.3, 0.4) is 0 Å². The van der Waals surface area contributed by atoms with E-state index < -0.39 is 10.1 Å². The van der Waals surface area contributed by atoms with Gasteiger partial charge in [0.25, 0.3) is 0 Å². The molecule has 0 saturated heterocycles. The summed E-state index contributed by atoms with van der Waals surface area (Å²) >= 11 is 5.87. The van der Waals surface area contributed by atoms with Crippen molar-refractivity contribution in [1.82, 2.24) is 0 Å². The molecule has 5 nitrogen and oxygen atoms in total. The van der Waals surface area contributed by atoms with Crippen LogP contribution in [0.4, 0.5) is 5.69 Å². The van der Waals surface area contributed by atoms with Crippen LogP contribution in [0.15, 0.2) is 58.5 Å². The summed E-state index contributed by atoms with van der Waals surface area (Å²) < 4.78 is 32.8. The Kier molecular flexibility index (Phi) is 3.90. The van der Waals surface area contributed by atoms with Crippen molar-refractivity contribution < 1.29 is 13.0 Å². The molecule has 7 heteroatoms. The first-order valence-electron chi connectivity index (χ1n) is 6.60.